The van der Waals surface area contributed by atoms with Crippen molar-refractivity contribution in [2.75, 3.05) is 0 Å². The van der Waals surface area contributed by atoms with Crippen molar-refractivity contribution >= 4 is 23.6 Å². The van der Waals surface area contributed by atoms with Crippen molar-refractivity contribution in [3.63, 3.8) is 0 Å². The molecule has 0 spiro atoms. The van der Waals surface area contributed by atoms with Crippen LogP contribution >= 0.6 is 0 Å². The molecule has 0 aromatic heterocycles. The number of aryl methyl sites for hydroxylation is 6. The van der Waals surface area contributed by atoms with Gasteiger partial charge in [-0.05, 0) is 74.5 Å². The van der Waals surface area contributed by atoms with Crippen molar-refractivity contribution in [3.8, 4) is 0 Å². The quantitative estimate of drug-likeness (QED) is 0.293. The van der Waals surface area contributed by atoms with Crippen LogP contribution in [0, 0.1) is 47.0 Å². The van der Waals surface area contributed by atoms with Crippen molar-refractivity contribution in [1.82, 2.24) is 0 Å². The largest absolute Gasteiger partial charge is 0.176 e. The van der Waals surface area contributed by atoms with E-state index in [9.17, 15) is 0 Å². The molecule has 3 aromatic carbocycles. The van der Waals surface area contributed by atoms with Crippen molar-refractivity contribution in [2.45, 2.75) is 68.7 Å². The molecule has 0 nitrogen and oxygen atoms in total. The zero-order valence-electron chi connectivity index (χ0n) is 22.6. The highest BCUT2D eigenvalue weighted by Crippen LogP contribution is 2.36. The van der Waals surface area contributed by atoms with Crippen LogP contribution in [0.1, 0.15) is 60.6 Å². The molecule has 0 heterocycles. The first-order chi connectivity index (χ1) is 15.9. The standard InChI is InChI=1S/C33H40Si/c1-22-12-23(2)16-30(15-22)34(31-17-24(3)13-25(4)18-31,32-19-26(5)14-27(6)20-32)29-11-10-28(21-29)33(7,8)9/h10,12-21H,11H2,1-9H3. The predicted molar refractivity (Wildman–Crippen MR) is 153 cm³/mol. The second-order valence-corrected chi connectivity index (χ2v) is 15.5. The molecular weight excluding hydrogens is 424 g/mol. The summed E-state index contributed by atoms with van der Waals surface area (Å²) in [5, 5.41) is 6.14. The normalized spacial score (nSPS) is 14.3. The Bertz CT molecular complexity index is 1120. The molecule has 0 bridgehead atoms. The average Bonchev–Trinajstić information content (AvgIpc) is 3.17. The fourth-order valence-electron chi connectivity index (χ4n) is 5.94. The Morgan fingerprint density at radius 1 is 0.529 bits per heavy atom. The van der Waals surface area contributed by atoms with E-state index in [1.54, 1.807) is 5.20 Å². The molecule has 0 N–H and O–H groups in total. The fraction of sp³-hybridized carbons (Fsp3) is 0.333. The molecule has 3 aromatic rings. The molecule has 0 radical (unpaired) electrons. The molecule has 1 heteroatoms. The lowest BCUT2D eigenvalue weighted by Crippen LogP contribution is -2.69. The van der Waals surface area contributed by atoms with Crippen LogP contribution in [0.5, 0.6) is 0 Å². The summed E-state index contributed by atoms with van der Waals surface area (Å²) in [6.45, 7) is 20.5. The van der Waals surface area contributed by atoms with Gasteiger partial charge in [-0.3, -0.25) is 0 Å². The summed E-state index contributed by atoms with van der Waals surface area (Å²) in [4.78, 5) is 0. The van der Waals surface area contributed by atoms with E-state index in [4.69, 9.17) is 0 Å². The topological polar surface area (TPSA) is 0 Å². The second kappa shape index (κ2) is 8.85. The Hall–Kier alpha value is -2.64. The van der Waals surface area contributed by atoms with Crippen LogP contribution in [0.2, 0.25) is 0 Å². The molecule has 1 aliphatic rings. The van der Waals surface area contributed by atoms with Crippen molar-refractivity contribution in [2.24, 2.45) is 5.41 Å². The zero-order valence-corrected chi connectivity index (χ0v) is 23.6. The molecule has 4 rings (SSSR count). The molecule has 0 saturated heterocycles. The van der Waals surface area contributed by atoms with Gasteiger partial charge in [0.05, 0.1) is 0 Å². The van der Waals surface area contributed by atoms with Crippen LogP contribution in [0.15, 0.2) is 77.5 Å². The maximum Gasteiger partial charge on any atom is 0.176 e. The third-order valence-corrected chi connectivity index (χ3v) is 12.0. The molecule has 1 aliphatic carbocycles. The number of hydrogen-bond acceptors (Lipinski definition) is 0. The Morgan fingerprint density at radius 2 is 0.853 bits per heavy atom. The third-order valence-electron chi connectivity index (χ3n) is 7.18. The average molecular weight is 465 g/mol. The first-order valence-corrected chi connectivity index (χ1v) is 14.6. The van der Waals surface area contributed by atoms with Crippen LogP contribution in [0.3, 0.4) is 0 Å². The highest BCUT2D eigenvalue weighted by atomic mass is 28.3. The van der Waals surface area contributed by atoms with Crippen LogP contribution in [0.4, 0.5) is 0 Å². The molecule has 0 fully saturated rings. The zero-order chi connectivity index (χ0) is 24.8. The summed E-state index contributed by atoms with van der Waals surface area (Å²) < 4.78 is 0. The minimum absolute atomic E-state index is 0.148. The van der Waals surface area contributed by atoms with Gasteiger partial charge in [0, 0.05) is 0 Å². The van der Waals surface area contributed by atoms with E-state index in [-0.39, 0.29) is 5.41 Å². The second-order valence-electron chi connectivity index (χ2n) is 11.7. The van der Waals surface area contributed by atoms with Crippen LogP contribution < -0.4 is 15.6 Å². The van der Waals surface area contributed by atoms with Gasteiger partial charge in [0.1, 0.15) is 0 Å². The van der Waals surface area contributed by atoms with E-state index >= 15 is 0 Å². The molecule has 0 aliphatic heterocycles. The van der Waals surface area contributed by atoms with E-state index < -0.39 is 8.07 Å². The van der Waals surface area contributed by atoms with Gasteiger partial charge in [0.25, 0.3) is 0 Å². The highest BCUT2D eigenvalue weighted by molar-refractivity contribution is 7.16. The van der Waals surface area contributed by atoms with E-state index in [1.807, 2.05) is 0 Å². The maximum atomic E-state index is 2.57. The summed E-state index contributed by atoms with van der Waals surface area (Å²) >= 11 is 0. The Labute approximate surface area is 208 Å². The maximum absolute atomic E-state index is 2.57. The summed E-state index contributed by atoms with van der Waals surface area (Å²) in [5.74, 6) is 0. The molecule has 34 heavy (non-hydrogen) atoms. The van der Waals surface area contributed by atoms with Gasteiger partial charge >= 0.3 is 0 Å². The SMILES string of the molecule is Cc1cc(C)cc([Si](C2=CC(C(C)(C)C)=CC2)(c2cc(C)cc(C)c2)c2cc(C)cc(C)c2)c1. The molecule has 0 saturated carbocycles. The summed E-state index contributed by atoms with van der Waals surface area (Å²) in [6.07, 6.45) is 6.09. The Morgan fingerprint density at radius 3 is 1.12 bits per heavy atom. The number of benzene rings is 3. The molecule has 0 unspecified atom stereocenters. The number of hydrogen-bond donors (Lipinski definition) is 0. The Kier molecular flexibility index (Phi) is 6.38. The van der Waals surface area contributed by atoms with Gasteiger partial charge < -0.3 is 0 Å². The third kappa shape index (κ3) is 4.51. The molecule has 0 amide bonds. The number of rotatable bonds is 4. The van der Waals surface area contributed by atoms with Gasteiger partial charge in [-0.1, -0.05) is 126 Å². The summed E-state index contributed by atoms with van der Waals surface area (Å²) in [6, 6.07) is 21.8. The predicted octanol–water partition coefficient (Wildman–Crippen LogP) is 6.85. The van der Waals surface area contributed by atoms with E-state index in [2.05, 4.69) is 129 Å². The van der Waals surface area contributed by atoms with E-state index in [1.165, 1.54) is 54.5 Å². The van der Waals surface area contributed by atoms with Crippen molar-refractivity contribution < 1.29 is 0 Å². The van der Waals surface area contributed by atoms with Gasteiger partial charge in [-0.15, -0.1) is 0 Å². The minimum atomic E-state index is -2.49. The van der Waals surface area contributed by atoms with E-state index in [0.717, 1.165) is 6.42 Å². The number of allylic oxidation sites excluding steroid dienone is 4. The summed E-state index contributed by atoms with van der Waals surface area (Å²) in [7, 11) is -2.49. The van der Waals surface area contributed by atoms with Gasteiger partial charge in [-0.2, -0.15) is 0 Å². The van der Waals surface area contributed by atoms with Gasteiger partial charge in [-0.25, -0.2) is 0 Å². The lowest BCUT2D eigenvalue weighted by Gasteiger charge is -2.37. The highest BCUT2D eigenvalue weighted by Gasteiger charge is 2.44. The molecular formula is C33H40Si. The van der Waals surface area contributed by atoms with Gasteiger partial charge in [0.15, 0.2) is 8.07 Å². The Balaban J connectivity index is 2.18. The lowest BCUT2D eigenvalue weighted by molar-refractivity contribution is 0.518. The van der Waals surface area contributed by atoms with E-state index in [0.29, 0.717) is 0 Å². The van der Waals surface area contributed by atoms with Crippen molar-refractivity contribution in [3.05, 3.63) is 111 Å². The van der Waals surface area contributed by atoms with Gasteiger partial charge in [0.2, 0.25) is 0 Å². The lowest BCUT2D eigenvalue weighted by atomic mass is 9.87. The van der Waals surface area contributed by atoms with Crippen molar-refractivity contribution in [1.29, 1.82) is 0 Å². The molecule has 176 valence electrons. The molecule has 0 atom stereocenters. The van der Waals surface area contributed by atoms with Crippen LogP contribution in [0.25, 0.3) is 0 Å². The first kappa shape index (κ1) is 24.5. The smallest absolute Gasteiger partial charge is 0.0771 e. The fourth-order valence-corrected chi connectivity index (χ4v) is 11.5. The minimum Gasteiger partial charge on any atom is -0.0771 e. The van der Waals surface area contributed by atoms with Crippen LogP contribution in [-0.4, -0.2) is 8.07 Å². The summed E-state index contributed by atoms with van der Waals surface area (Å²) in [5.41, 5.74) is 9.72. The monoisotopic (exact) mass is 464 g/mol. The first-order valence-electron chi connectivity index (χ1n) is 12.6. The van der Waals surface area contributed by atoms with Crippen LogP contribution in [-0.2, 0) is 0 Å².